The molecule has 2 atom stereocenters. The van der Waals surface area contributed by atoms with E-state index >= 15 is 0 Å². The van der Waals surface area contributed by atoms with Gasteiger partial charge < -0.3 is 36.1 Å². The van der Waals surface area contributed by atoms with Gasteiger partial charge in [0.05, 0.1) is 41.6 Å². The molecule has 12 nitrogen and oxygen atoms in total. The molecule has 2 aliphatic rings. The second-order valence-electron chi connectivity index (χ2n) is 9.97. The molecule has 1 spiro atoms. The quantitative estimate of drug-likeness (QED) is 0.241. The molecule has 198 valence electrons. The number of aliphatic hydroxyl groups excluding tert-OH is 1. The van der Waals surface area contributed by atoms with E-state index in [1.54, 1.807) is 26.4 Å². The van der Waals surface area contributed by atoms with E-state index in [0.717, 1.165) is 12.8 Å². The lowest BCUT2D eigenvalue weighted by Gasteiger charge is -2.21. The molecular weight excluding hydrogens is 493 g/mol. The van der Waals surface area contributed by atoms with Gasteiger partial charge in [0.15, 0.2) is 5.75 Å². The second-order valence-corrected chi connectivity index (χ2v) is 9.97. The number of carbonyl (C=O) groups excluding carboxylic acids is 1. The van der Waals surface area contributed by atoms with Crippen LogP contribution in [0.15, 0.2) is 24.5 Å². The van der Waals surface area contributed by atoms with Crippen molar-refractivity contribution in [1.29, 1.82) is 0 Å². The molecule has 2 fully saturated rings. The van der Waals surface area contributed by atoms with Crippen LogP contribution in [-0.4, -0.2) is 74.8 Å². The highest BCUT2D eigenvalue weighted by atomic mass is 19.1. The number of nitrogens with one attached hydrogen (secondary N) is 3. The Bertz CT molecular complexity index is 1540. The van der Waals surface area contributed by atoms with E-state index in [4.69, 9.17) is 15.5 Å². The summed E-state index contributed by atoms with van der Waals surface area (Å²) in [6.45, 7) is 2.44. The Morgan fingerprint density at radius 2 is 2.11 bits per heavy atom. The maximum absolute atomic E-state index is 14.6. The number of aryl methyl sites for hydroxylation is 1. The fraction of sp³-hybridized carbons (Fsp3) is 0.400. The minimum absolute atomic E-state index is 0.0811. The van der Waals surface area contributed by atoms with Crippen molar-refractivity contribution in [3.05, 3.63) is 36.2 Å². The summed E-state index contributed by atoms with van der Waals surface area (Å²) < 4.78 is 20.5. The molecule has 1 amide bonds. The number of fused-ring (bicyclic) bond motifs is 3. The number of hydrogen-bond donors (Lipinski definition) is 5. The van der Waals surface area contributed by atoms with Crippen LogP contribution in [-0.2, 0) is 4.79 Å². The van der Waals surface area contributed by atoms with E-state index in [-0.39, 0.29) is 17.5 Å². The zero-order valence-electron chi connectivity index (χ0n) is 21.0. The summed E-state index contributed by atoms with van der Waals surface area (Å²) in [7, 11) is 1.72. The molecule has 3 aromatic heterocycles. The molecule has 1 unspecified atom stereocenters. The number of H-pyrrole nitrogens is 1. The second kappa shape index (κ2) is 9.03. The Kier molecular flexibility index (Phi) is 5.76. The third kappa shape index (κ3) is 4.13. The first-order valence-corrected chi connectivity index (χ1v) is 12.4. The monoisotopic (exact) mass is 521 g/mol. The highest BCUT2D eigenvalue weighted by Crippen LogP contribution is 2.54. The summed E-state index contributed by atoms with van der Waals surface area (Å²) in [5, 5.41) is 16.6. The lowest BCUT2D eigenvalue weighted by atomic mass is 10.0. The molecule has 4 aromatic rings. The number of aromatic amines is 1. The van der Waals surface area contributed by atoms with E-state index < -0.39 is 24.4 Å². The van der Waals surface area contributed by atoms with Gasteiger partial charge in [0, 0.05) is 30.9 Å². The number of amides is 1. The molecule has 6 rings (SSSR count). The standard InChI is InChI=1S/C25H28FN9O3/c1-12-29-7-14(8-30-12)38-24-33-21-19(15-5-13(26)6-17(28-2)20(15)32-21)22(34-24)35-9-18(25(11-35)3-4-25)31-23(37)16(27)10-36/h5-8,16,18,28,36H,3-4,9-11,27H2,1-2H3,(H,31,37)(H,32,33,34)/t16-,18?/m0/s1. The summed E-state index contributed by atoms with van der Waals surface area (Å²) in [6.07, 6.45) is 4.96. The van der Waals surface area contributed by atoms with Crippen molar-refractivity contribution < 1.29 is 19.0 Å². The summed E-state index contributed by atoms with van der Waals surface area (Å²) >= 11 is 0. The Balaban J connectivity index is 1.45. The molecule has 13 heteroatoms. The molecule has 1 aromatic carbocycles. The molecule has 1 saturated carbocycles. The number of benzene rings is 1. The van der Waals surface area contributed by atoms with Gasteiger partial charge in [-0.05, 0) is 31.9 Å². The normalized spacial score (nSPS) is 18.8. The van der Waals surface area contributed by atoms with Crippen LogP contribution in [0.2, 0.25) is 0 Å². The van der Waals surface area contributed by atoms with E-state index in [0.29, 0.717) is 58.1 Å². The SMILES string of the molecule is CNc1cc(F)cc2c1[nH]c1nc(Oc3cnc(C)nc3)nc(N3CC(NC(=O)[C@@H](N)CO)C4(CC4)C3)c12. The molecular formula is C25H28FN9O3. The Morgan fingerprint density at radius 3 is 2.79 bits per heavy atom. The average Bonchev–Trinajstić information content (AvgIpc) is 3.47. The third-order valence-electron chi connectivity index (χ3n) is 7.41. The first-order valence-electron chi connectivity index (χ1n) is 12.4. The Morgan fingerprint density at radius 1 is 1.34 bits per heavy atom. The molecule has 38 heavy (non-hydrogen) atoms. The van der Waals surface area contributed by atoms with Crippen LogP contribution in [0.1, 0.15) is 18.7 Å². The van der Waals surface area contributed by atoms with E-state index in [1.165, 1.54) is 12.1 Å². The Labute approximate surface area is 216 Å². The maximum Gasteiger partial charge on any atom is 0.326 e. The Hall–Kier alpha value is -4.10. The summed E-state index contributed by atoms with van der Waals surface area (Å²) in [5.74, 6) is 0.754. The largest absolute Gasteiger partial charge is 0.421 e. The minimum atomic E-state index is -0.987. The molecule has 0 radical (unpaired) electrons. The topological polar surface area (TPSA) is 167 Å². The van der Waals surface area contributed by atoms with E-state index in [9.17, 15) is 14.3 Å². The molecule has 4 heterocycles. The van der Waals surface area contributed by atoms with Gasteiger partial charge in [0.2, 0.25) is 5.91 Å². The molecule has 0 bridgehead atoms. The van der Waals surface area contributed by atoms with Crippen LogP contribution < -0.4 is 26.0 Å². The van der Waals surface area contributed by atoms with Gasteiger partial charge in [-0.25, -0.2) is 14.4 Å². The number of carbonyl (C=O) groups is 1. The number of ether oxygens (including phenoxy) is 1. The van der Waals surface area contributed by atoms with Crippen LogP contribution in [0, 0.1) is 18.2 Å². The highest BCUT2D eigenvalue weighted by Gasteiger charge is 2.56. The fourth-order valence-corrected chi connectivity index (χ4v) is 5.19. The van der Waals surface area contributed by atoms with Gasteiger partial charge in [-0.1, -0.05) is 0 Å². The van der Waals surface area contributed by atoms with Crippen molar-refractivity contribution in [2.45, 2.75) is 31.8 Å². The molecule has 1 saturated heterocycles. The van der Waals surface area contributed by atoms with Gasteiger partial charge >= 0.3 is 6.01 Å². The van der Waals surface area contributed by atoms with Crippen LogP contribution in [0.5, 0.6) is 11.8 Å². The van der Waals surface area contributed by atoms with Gasteiger partial charge in [-0.2, -0.15) is 9.97 Å². The number of halogens is 1. The van der Waals surface area contributed by atoms with Crippen molar-refractivity contribution in [3.63, 3.8) is 0 Å². The zero-order valence-corrected chi connectivity index (χ0v) is 21.0. The number of anilines is 2. The molecule has 1 aliphatic heterocycles. The summed E-state index contributed by atoms with van der Waals surface area (Å²) in [6, 6.07) is 1.79. The lowest BCUT2D eigenvalue weighted by molar-refractivity contribution is -0.124. The fourth-order valence-electron chi connectivity index (χ4n) is 5.19. The molecule has 6 N–H and O–H groups in total. The van der Waals surface area contributed by atoms with Crippen molar-refractivity contribution in [2.75, 3.05) is 37.0 Å². The highest BCUT2D eigenvalue weighted by molar-refractivity contribution is 6.14. The van der Waals surface area contributed by atoms with Crippen LogP contribution in [0.3, 0.4) is 0 Å². The zero-order chi connectivity index (χ0) is 26.6. The van der Waals surface area contributed by atoms with E-state index in [1.807, 2.05) is 0 Å². The minimum Gasteiger partial charge on any atom is -0.421 e. The van der Waals surface area contributed by atoms with Crippen LogP contribution in [0.4, 0.5) is 15.9 Å². The number of hydrogen-bond acceptors (Lipinski definition) is 10. The molecule has 1 aliphatic carbocycles. The van der Waals surface area contributed by atoms with Crippen LogP contribution in [0.25, 0.3) is 21.9 Å². The number of rotatable bonds is 7. The van der Waals surface area contributed by atoms with Gasteiger partial charge in [0.1, 0.15) is 29.1 Å². The smallest absolute Gasteiger partial charge is 0.326 e. The summed E-state index contributed by atoms with van der Waals surface area (Å²) in [5.41, 5.74) is 7.38. The average molecular weight is 522 g/mol. The first-order chi connectivity index (χ1) is 18.3. The lowest BCUT2D eigenvalue weighted by Crippen LogP contribution is -2.50. The van der Waals surface area contributed by atoms with Crippen LogP contribution >= 0.6 is 0 Å². The van der Waals surface area contributed by atoms with Gasteiger partial charge in [-0.15, -0.1) is 0 Å². The number of aliphatic hydroxyl groups is 1. The maximum atomic E-state index is 14.6. The number of aromatic nitrogens is 5. The number of nitrogens with two attached hydrogens (primary N) is 1. The van der Waals surface area contributed by atoms with Gasteiger partial charge in [0.25, 0.3) is 0 Å². The first kappa shape index (κ1) is 24.2. The predicted octanol–water partition coefficient (Wildman–Crippen LogP) is 1.59. The van der Waals surface area contributed by atoms with Gasteiger partial charge in [-0.3, -0.25) is 4.79 Å². The van der Waals surface area contributed by atoms with Crippen molar-refractivity contribution >= 4 is 39.3 Å². The van der Waals surface area contributed by atoms with Crippen molar-refractivity contribution in [2.24, 2.45) is 11.1 Å². The third-order valence-corrected chi connectivity index (χ3v) is 7.41. The van der Waals surface area contributed by atoms with Crippen molar-refractivity contribution in [1.82, 2.24) is 30.2 Å². The van der Waals surface area contributed by atoms with E-state index in [2.05, 4.69) is 35.5 Å². The predicted molar refractivity (Wildman–Crippen MR) is 139 cm³/mol. The summed E-state index contributed by atoms with van der Waals surface area (Å²) in [4.78, 5) is 35.5. The van der Waals surface area contributed by atoms with Crippen molar-refractivity contribution in [3.8, 4) is 11.8 Å². The number of nitrogens with zero attached hydrogens (tertiary/aromatic N) is 5.